The Hall–Kier alpha value is -2.57. The van der Waals surface area contributed by atoms with E-state index in [4.69, 9.17) is 4.74 Å². The average Bonchev–Trinajstić information content (AvgIpc) is 3.13. The van der Waals surface area contributed by atoms with Crippen LogP contribution in [0.15, 0.2) is 18.2 Å². The van der Waals surface area contributed by atoms with Gasteiger partial charge in [-0.1, -0.05) is 6.07 Å². The number of likely N-dealkylation sites (tertiary alicyclic amines) is 1. The van der Waals surface area contributed by atoms with Crippen LogP contribution in [0, 0.1) is 12.8 Å². The van der Waals surface area contributed by atoms with E-state index in [0.717, 1.165) is 29.9 Å². The highest BCUT2D eigenvalue weighted by molar-refractivity contribution is 5.97. The predicted octanol–water partition coefficient (Wildman–Crippen LogP) is 2.34. The van der Waals surface area contributed by atoms with Gasteiger partial charge in [0.05, 0.1) is 19.1 Å². The number of esters is 1. The van der Waals surface area contributed by atoms with E-state index in [1.54, 1.807) is 11.8 Å². The average molecular weight is 387 g/mol. The Balaban J connectivity index is 1.54. The monoisotopic (exact) mass is 387 g/mol. The molecule has 0 atom stereocenters. The third-order valence-electron chi connectivity index (χ3n) is 5.57. The lowest BCUT2D eigenvalue weighted by atomic mass is 9.97. The fourth-order valence-corrected chi connectivity index (χ4v) is 3.92. The van der Waals surface area contributed by atoms with Gasteiger partial charge in [0, 0.05) is 37.4 Å². The molecule has 2 saturated heterocycles. The van der Waals surface area contributed by atoms with Crippen LogP contribution in [0.5, 0.6) is 0 Å². The van der Waals surface area contributed by atoms with Crippen molar-refractivity contribution in [3.05, 3.63) is 23.8 Å². The number of hydrogen-bond donors (Lipinski definition) is 1. The van der Waals surface area contributed by atoms with Gasteiger partial charge in [-0.15, -0.1) is 0 Å². The minimum Gasteiger partial charge on any atom is -0.466 e. The number of piperidine rings is 1. The standard InChI is InChI=1S/C21H29N3O4/c1-3-28-21(27)16-9-12-23(13-10-16)20(26)14-22-17-6-4-7-18(15(17)2)24-11-5-8-19(24)25/h4,6-7,16,22H,3,5,8-14H2,1-2H3. The molecule has 7 nitrogen and oxygen atoms in total. The molecule has 28 heavy (non-hydrogen) atoms. The number of hydrogen-bond acceptors (Lipinski definition) is 5. The van der Waals surface area contributed by atoms with Gasteiger partial charge in [-0.3, -0.25) is 14.4 Å². The van der Waals surface area contributed by atoms with Crippen molar-refractivity contribution < 1.29 is 19.1 Å². The number of rotatable bonds is 6. The van der Waals surface area contributed by atoms with Gasteiger partial charge in [0.15, 0.2) is 0 Å². The zero-order valence-electron chi connectivity index (χ0n) is 16.7. The molecule has 152 valence electrons. The Labute approximate surface area is 166 Å². The molecule has 2 aliphatic heterocycles. The first-order valence-corrected chi connectivity index (χ1v) is 10.1. The maximum Gasteiger partial charge on any atom is 0.309 e. The minimum absolute atomic E-state index is 0.0179. The van der Waals surface area contributed by atoms with Crippen molar-refractivity contribution in [3.8, 4) is 0 Å². The summed E-state index contributed by atoms with van der Waals surface area (Å²) in [7, 11) is 0. The fraction of sp³-hybridized carbons (Fsp3) is 0.571. The van der Waals surface area contributed by atoms with Gasteiger partial charge in [0.2, 0.25) is 11.8 Å². The summed E-state index contributed by atoms with van der Waals surface area (Å²) in [4.78, 5) is 40.0. The molecule has 1 N–H and O–H groups in total. The summed E-state index contributed by atoms with van der Waals surface area (Å²) in [6, 6.07) is 5.79. The molecular weight excluding hydrogens is 358 g/mol. The van der Waals surface area contributed by atoms with Crippen LogP contribution < -0.4 is 10.2 Å². The number of carbonyl (C=O) groups is 3. The molecule has 0 radical (unpaired) electrons. The maximum absolute atomic E-state index is 12.6. The van der Waals surface area contributed by atoms with Crippen LogP contribution in [0.2, 0.25) is 0 Å². The van der Waals surface area contributed by atoms with E-state index >= 15 is 0 Å². The van der Waals surface area contributed by atoms with Crippen molar-refractivity contribution in [1.82, 2.24) is 4.90 Å². The summed E-state index contributed by atoms with van der Waals surface area (Å²) in [5.41, 5.74) is 2.76. The fourth-order valence-electron chi connectivity index (χ4n) is 3.92. The second-order valence-corrected chi connectivity index (χ2v) is 7.36. The molecule has 2 heterocycles. The number of carbonyl (C=O) groups excluding carboxylic acids is 3. The maximum atomic E-state index is 12.6. The third-order valence-corrected chi connectivity index (χ3v) is 5.57. The topological polar surface area (TPSA) is 79.0 Å². The molecule has 0 aromatic heterocycles. The largest absolute Gasteiger partial charge is 0.466 e. The molecule has 3 rings (SSSR count). The van der Waals surface area contributed by atoms with Crippen molar-refractivity contribution >= 4 is 29.2 Å². The van der Waals surface area contributed by atoms with Gasteiger partial charge in [0.1, 0.15) is 0 Å². The van der Waals surface area contributed by atoms with Crippen LogP contribution in [0.4, 0.5) is 11.4 Å². The summed E-state index contributed by atoms with van der Waals surface area (Å²) in [5, 5.41) is 3.22. The van der Waals surface area contributed by atoms with Crippen molar-refractivity contribution in [3.63, 3.8) is 0 Å². The second kappa shape index (κ2) is 9.08. The summed E-state index contributed by atoms with van der Waals surface area (Å²) in [6.45, 7) is 6.26. The SMILES string of the molecule is CCOC(=O)C1CCN(C(=O)CNc2cccc(N3CCCC3=O)c2C)CC1. The third kappa shape index (κ3) is 4.46. The van der Waals surface area contributed by atoms with Crippen LogP contribution in [-0.2, 0) is 19.1 Å². The number of ether oxygens (including phenoxy) is 1. The highest BCUT2D eigenvalue weighted by atomic mass is 16.5. The summed E-state index contributed by atoms with van der Waals surface area (Å²) < 4.78 is 5.07. The van der Waals surface area contributed by atoms with Crippen LogP contribution in [-0.4, -0.2) is 55.5 Å². The molecule has 1 aromatic rings. The van der Waals surface area contributed by atoms with E-state index in [0.29, 0.717) is 39.0 Å². The van der Waals surface area contributed by atoms with Crippen LogP contribution in [0.1, 0.15) is 38.2 Å². The normalized spacial score (nSPS) is 17.7. The van der Waals surface area contributed by atoms with Gasteiger partial charge in [-0.05, 0) is 50.8 Å². The summed E-state index contributed by atoms with van der Waals surface area (Å²) >= 11 is 0. The lowest BCUT2D eigenvalue weighted by Gasteiger charge is -2.31. The molecule has 2 amide bonds. The van der Waals surface area contributed by atoms with E-state index in [1.165, 1.54) is 0 Å². The Kier molecular flexibility index (Phi) is 6.54. The Morgan fingerprint density at radius 3 is 2.61 bits per heavy atom. The van der Waals surface area contributed by atoms with Gasteiger partial charge in [0.25, 0.3) is 0 Å². The molecule has 0 saturated carbocycles. The van der Waals surface area contributed by atoms with E-state index in [1.807, 2.05) is 30.0 Å². The molecular formula is C21H29N3O4. The molecule has 0 spiro atoms. The first-order valence-electron chi connectivity index (χ1n) is 10.1. The Morgan fingerprint density at radius 2 is 1.96 bits per heavy atom. The summed E-state index contributed by atoms with van der Waals surface area (Å²) in [5.74, 6) is -0.0873. The van der Waals surface area contributed by atoms with Crippen LogP contribution in [0.3, 0.4) is 0 Å². The van der Waals surface area contributed by atoms with Crippen LogP contribution in [0.25, 0.3) is 0 Å². The molecule has 7 heteroatoms. The summed E-state index contributed by atoms with van der Waals surface area (Å²) in [6.07, 6.45) is 2.78. The van der Waals surface area contributed by atoms with E-state index in [-0.39, 0.29) is 30.2 Å². The van der Waals surface area contributed by atoms with Crippen molar-refractivity contribution in [2.45, 2.75) is 39.5 Å². The van der Waals surface area contributed by atoms with Gasteiger partial charge in [-0.25, -0.2) is 0 Å². The molecule has 2 fully saturated rings. The van der Waals surface area contributed by atoms with E-state index in [2.05, 4.69) is 5.32 Å². The zero-order valence-corrected chi connectivity index (χ0v) is 16.7. The molecule has 0 bridgehead atoms. The van der Waals surface area contributed by atoms with E-state index in [9.17, 15) is 14.4 Å². The lowest BCUT2D eigenvalue weighted by molar-refractivity contribution is -0.151. The predicted molar refractivity (Wildman–Crippen MR) is 107 cm³/mol. The molecule has 2 aliphatic rings. The quantitative estimate of drug-likeness (QED) is 0.758. The Bertz CT molecular complexity index is 741. The zero-order chi connectivity index (χ0) is 20.1. The lowest BCUT2D eigenvalue weighted by Crippen LogP contribution is -2.43. The number of benzene rings is 1. The van der Waals surface area contributed by atoms with Gasteiger partial charge < -0.3 is 19.9 Å². The first-order chi connectivity index (χ1) is 13.5. The number of anilines is 2. The van der Waals surface area contributed by atoms with Gasteiger partial charge in [-0.2, -0.15) is 0 Å². The van der Waals surface area contributed by atoms with Crippen LogP contribution >= 0.6 is 0 Å². The van der Waals surface area contributed by atoms with Crippen molar-refractivity contribution in [1.29, 1.82) is 0 Å². The number of nitrogens with zero attached hydrogens (tertiary/aromatic N) is 2. The molecule has 1 aromatic carbocycles. The minimum atomic E-state index is -0.156. The number of nitrogens with one attached hydrogen (secondary N) is 1. The van der Waals surface area contributed by atoms with E-state index < -0.39 is 0 Å². The molecule has 0 unspecified atom stereocenters. The molecule has 0 aliphatic carbocycles. The Morgan fingerprint density at radius 1 is 1.21 bits per heavy atom. The first kappa shape index (κ1) is 20.2. The number of amides is 2. The van der Waals surface area contributed by atoms with Crippen molar-refractivity contribution in [2.75, 3.05) is 43.0 Å². The van der Waals surface area contributed by atoms with Crippen molar-refractivity contribution in [2.24, 2.45) is 5.92 Å². The highest BCUT2D eigenvalue weighted by Crippen LogP contribution is 2.30. The highest BCUT2D eigenvalue weighted by Gasteiger charge is 2.28. The van der Waals surface area contributed by atoms with Gasteiger partial charge >= 0.3 is 5.97 Å². The second-order valence-electron chi connectivity index (χ2n) is 7.36. The smallest absolute Gasteiger partial charge is 0.309 e.